The number of hydrogen-bond acceptors (Lipinski definition) is 3. The third-order valence-electron chi connectivity index (χ3n) is 3.48. The van der Waals surface area contributed by atoms with Crippen LogP contribution in [0.3, 0.4) is 0 Å². The summed E-state index contributed by atoms with van der Waals surface area (Å²) in [6.07, 6.45) is 2.13. The van der Waals surface area contributed by atoms with Crippen LogP contribution < -0.4 is 5.32 Å². The number of rotatable bonds is 4. The molecule has 94 valence electrons. The summed E-state index contributed by atoms with van der Waals surface area (Å²) in [7, 11) is 0. The second-order valence-electron chi connectivity index (χ2n) is 4.60. The fourth-order valence-corrected chi connectivity index (χ4v) is 2.06. The van der Waals surface area contributed by atoms with Gasteiger partial charge in [-0.25, -0.2) is 4.39 Å². The lowest BCUT2D eigenvalue weighted by Crippen LogP contribution is -2.43. The predicted molar refractivity (Wildman–Crippen MR) is 63.5 cm³/mol. The zero-order valence-electron chi connectivity index (χ0n) is 9.74. The molecule has 1 aromatic carbocycles. The maximum Gasteiger partial charge on any atom is 0.311 e. The maximum atomic E-state index is 13.6. The molecule has 1 aromatic rings. The molecular formula is C13H13FN2O2. The van der Waals surface area contributed by atoms with E-state index in [1.807, 2.05) is 6.07 Å². The molecule has 0 heterocycles. The van der Waals surface area contributed by atoms with Crippen molar-refractivity contribution in [3.05, 3.63) is 29.6 Å². The molecule has 0 bridgehead atoms. The summed E-state index contributed by atoms with van der Waals surface area (Å²) in [4.78, 5) is 11.1. The van der Waals surface area contributed by atoms with Crippen molar-refractivity contribution in [1.29, 1.82) is 5.26 Å². The van der Waals surface area contributed by atoms with Crippen LogP contribution in [0.2, 0.25) is 0 Å². The van der Waals surface area contributed by atoms with Gasteiger partial charge in [-0.3, -0.25) is 4.79 Å². The highest BCUT2D eigenvalue weighted by molar-refractivity contribution is 5.76. The molecule has 0 saturated heterocycles. The van der Waals surface area contributed by atoms with Crippen LogP contribution >= 0.6 is 0 Å². The van der Waals surface area contributed by atoms with Gasteiger partial charge in [0, 0.05) is 6.54 Å². The van der Waals surface area contributed by atoms with Crippen LogP contribution in [0.5, 0.6) is 0 Å². The molecule has 2 rings (SSSR count). The van der Waals surface area contributed by atoms with Crippen molar-refractivity contribution in [2.24, 2.45) is 5.41 Å². The van der Waals surface area contributed by atoms with E-state index < -0.39 is 17.2 Å². The van der Waals surface area contributed by atoms with Crippen molar-refractivity contribution < 1.29 is 14.3 Å². The molecule has 0 aliphatic heterocycles. The summed E-state index contributed by atoms with van der Waals surface area (Å²) in [5, 5.41) is 20.6. The van der Waals surface area contributed by atoms with Crippen LogP contribution in [0.1, 0.15) is 24.8 Å². The monoisotopic (exact) mass is 248 g/mol. The van der Waals surface area contributed by atoms with Gasteiger partial charge in [0.25, 0.3) is 0 Å². The average molecular weight is 248 g/mol. The van der Waals surface area contributed by atoms with Gasteiger partial charge >= 0.3 is 5.97 Å². The van der Waals surface area contributed by atoms with E-state index in [0.29, 0.717) is 12.8 Å². The van der Waals surface area contributed by atoms with Crippen molar-refractivity contribution >= 4 is 11.7 Å². The molecule has 0 radical (unpaired) electrons. The van der Waals surface area contributed by atoms with E-state index in [1.165, 1.54) is 12.1 Å². The van der Waals surface area contributed by atoms with Gasteiger partial charge < -0.3 is 10.4 Å². The summed E-state index contributed by atoms with van der Waals surface area (Å²) in [6, 6.07) is 5.94. The Balaban J connectivity index is 2.07. The first-order valence-corrected chi connectivity index (χ1v) is 5.74. The van der Waals surface area contributed by atoms with Crippen molar-refractivity contribution in [2.45, 2.75) is 19.3 Å². The number of nitrogens with one attached hydrogen (secondary N) is 1. The standard InChI is InChI=1S/C13H13FN2O2/c14-10-6-9(7-15)2-3-11(10)16-8-13(12(17)18)4-1-5-13/h2-3,6,16H,1,4-5,8H2,(H,17,18). The summed E-state index contributed by atoms with van der Waals surface area (Å²) in [5.74, 6) is -1.37. The Bertz CT molecular complexity index is 518. The normalized spacial score (nSPS) is 16.4. The van der Waals surface area contributed by atoms with Crippen LogP contribution in [0.25, 0.3) is 0 Å². The van der Waals surface area contributed by atoms with Gasteiger partial charge in [-0.15, -0.1) is 0 Å². The first-order chi connectivity index (χ1) is 8.57. The van der Waals surface area contributed by atoms with E-state index >= 15 is 0 Å². The summed E-state index contributed by atoms with van der Waals surface area (Å²) >= 11 is 0. The number of carbonyl (C=O) groups is 1. The number of anilines is 1. The smallest absolute Gasteiger partial charge is 0.311 e. The van der Waals surface area contributed by atoms with E-state index in [1.54, 1.807) is 0 Å². The zero-order chi connectivity index (χ0) is 13.2. The molecule has 0 unspecified atom stereocenters. The van der Waals surface area contributed by atoms with Gasteiger partial charge in [-0.2, -0.15) is 5.26 Å². The van der Waals surface area contributed by atoms with Gasteiger partial charge in [-0.1, -0.05) is 6.42 Å². The lowest BCUT2D eigenvalue weighted by molar-refractivity contribution is -0.153. The maximum absolute atomic E-state index is 13.6. The van der Waals surface area contributed by atoms with Crippen LogP contribution in [0, 0.1) is 22.6 Å². The third-order valence-corrected chi connectivity index (χ3v) is 3.48. The molecule has 18 heavy (non-hydrogen) atoms. The Kier molecular flexibility index (Phi) is 3.19. The van der Waals surface area contributed by atoms with E-state index in [-0.39, 0.29) is 17.8 Å². The van der Waals surface area contributed by atoms with E-state index in [4.69, 9.17) is 10.4 Å². The molecule has 1 fully saturated rings. The molecule has 0 spiro atoms. The fourth-order valence-electron chi connectivity index (χ4n) is 2.06. The molecule has 5 heteroatoms. The van der Waals surface area contributed by atoms with E-state index in [2.05, 4.69) is 5.32 Å². The Labute approximate surface area is 104 Å². The number of halogens is 1. The molecule has 1 saturated carbocycles. The molecule has 4 nitrogen and oxygen atoms in total. The minimum absolute atomic E-state index is 0.213. The number of carboxylic acid groups (broad SMARTS) is 1. The Hall–Kier alpha value is -2.09. The SMILES string of the molecule is N#Cc1ccc(NCC2(C(=O)O)CCC2)c(F)c1. The topological polar surface area (TPSA) is 73.1 Å². The molecule has 0 atom stereocenters. The summed E-state index contributed by atoms with van der Waals surface area (Å²) < 4.78 is 13.6. The third kappa shape index (κ3) is 2.14. The molecule has 0 aromatic heterocycles. The first-order valence-electron chi connectivity index (χ1n) is 5.74. The van der Waals surface area contributed by atoms with Crippen molar-refractivity contribution in [2.75, 3.05) is 11.9 Å². The Morgan fingerprint density at radius 2 is 2.28 bits per heavy atom. The molecule has 1 aliphatic carbocycles. The molecular weight excluding hydrogens is 235 g/mol. The van der Waals surface area contributed by atoms with Crippen LogP contribution in [-0.2, 0) is 4.79 Å². The highest BCUT2D eigenvalue weighted by Crippen LogP contribution is 2.41. The predicted octanol–water partition coefficient (Wildman–Crippen LogP) is 2.36. The highest BCUT2D eigenvalue weighted by atomic mass is 19.1. The second kappa shape index (κ2) is 4.65. The van der Waals surface area contributed by atoms with Gasteiger partial charge in [0.15, 0.2) is 0 Å². The number of nitriles is 1. The minimum Gasteiger partial charge on any atom is -0.481 e. The number of nitrogens with zero attached hydrogens (tertiary/aromatic N) is 1. The van der Waals surface area contributed by atoms with Gasteiger partial charge in [0.1, 0.15) is 5.82 Å². The largest absolute Gasteiger partial charge is 0.481 e. The van der Waals surface area contributed by atoms with Crippen molar-refractivity contribution in [1.82, 2.24) is 0 Å². The summed E-state index contributed by atoms with van der Waals surface area (Å²) in [6.45, 7) is 0.213. The number of hydrogen-bond donors (Lipinski definition) is 2. The molecule has 2 N–H and O–H groups in total. The average Bonchev–Trinajstić information content (AvgIpc) is 2.28. The zero-order valence-corrected chi connectivity index (χ0v) is 9.74. The highest BCUT2D eigenvalue weighted by Gasteiger charge is 2.44. The van der Waals surface area contributed by atoms with Crippen molar-refractivity contribution in [3.8, 4) is 6.07 Å². The first kappa shape index (κ1) is 12.4. The van der Waals surface area contributed by atoms with Gasteiger partial charge in [0.05, 0.1) is 22.7 Å². The van der Waals surface area contributed by atoms with E-state index in [0.717, 1.165) is 12.5 Å². The number of carboxylic acids is 1. The van der Waals surface area contributed by atoms with Gasteiger partial charge in [0.2, 0.25) is 0 Å². The second-order valence-corrected chi connectivity index (χ2v) is 4.60. The van der Waals surface area contributed by atoms with Crippen LogP contribution in [-0.4, -0.2) is 17.6 Å². The Morgan fingerprint density at radius 1 is 1.56 bits per heavy atom. The van der Waals surface area contributed by atoms with E-state index in [9.17, 15) is 9.18 Å². The number of benzene rings is 1. The lowest BCUT2D eigenvalue weighted by Gasteiger charge is -2.37. The fraction of sp³-hybridized carbons (Fsp3) is 0.385. The van der Waals surface area contributed by atoms with Crippen molar-refractivity contribution in [3.63, 3.8) is 0 Å². The van der Waals surface area contributed by atoms with Crippen LogP contribution in [0.15, 0.2) is 18.2 Å². The van der Waals surface area contributed by atoms with Crippen LogP contribution in [0.4, 0.5) is 10.1 Å². The van der Waals surface area contributed by atoms with Gasteiger partial charge in [-0.05, 0) is 31.0 Å². The minimum atomic E-state index is -0.838. The quantitative estimate of drug-likeness (QED) is 0.857. The lowest BCUT2D eigenvalue weighted by atomic mass is 9.69. The Morgan fingerprint density at radius 3 is 2.72 bits per heavy atom. The number of aliphatic carboxylic acids is 1. The molecule has 1 aliphatic rings. The summed E-state index contributed by atoms with van der Waals surface area (Å²) in [5.41, 5.74) is -0.281. The molecule has 0 amide bonds.